The number of methoxy groups -OCH3 is 1. The Morgan fingerprint density at radius 1 is 1.04 bits per heavy atom. The van der Waals surface area contributed by atoms with Crippen LogP contribution in [0.5, 0.6) is 17.2 Å². The Morgan fingerprint density at radius 2 is 1.75 bits per heavy atom. The molecule has 2 aromatic heterocycles. The van der Waals surface area contributed by atoms with Crippen LogP contribution in [-0.2, 0) is 10.0 Å². The number of anilines is 1. The molecule has 3 rings (SSSR count). The van der Waals surface area contributed by atoms with Crippen molar-refractivity contribution < 1.29 is 17.9 Å². The number of para-hydroxylation sites is 2. The summed E-state index contributed by atoms with van der Waals surface area (Å²) in [7, 11) is -2.53. The molecule has 0 saturated heterocycles. The van der Waals surface area contributed by atoms with E-state index in [9.17, 15) is 8.42 Å². The maximum absolute atomic E-state index is 12.7. The molecule has 0 spiro atoms. The van der Waals surface area contributed by atoms with Gasteiger partial charge in [0.05, 0.1) is 7.11 Å². The Balaban J connectivity index is 2.02. The second-order valence-corrected chi connectivity index (χ2v) is 7.76. The van der Waals surface area contributed by atoms with E-state index in [0.717, 1.165) is 5.56 Å². The molecule has 10 heteroatoms. The van der Waals surface area contributed by atoms with E-state index in [2.05, 4.69) is 19.7 Å². The maximum Gasteiger partial charge on any atom is 0.280 e. The van der Waals surface area contributed by atoms with Gasteiger partial charge in [-0.05, 0) is 37.6 Å². The van der Waals surface area contributed by atoms with Crippen LogP contribution in [0, 0.1) is 13.8 Å². The van der Waals surface area contributed by atoms with Gasteiger partial charge >= 0.3 is 0 Å². The van der Waals surface area contributed by atoms with E-state index in [1.54, 1.807) is 37.3 Å². The Kier molecular flexibility index (Phi) is 5.66. The molecule has 146 valence electrons. The molecule has 0 aliphatic carbocycles. The molecule has 0 fully saturated rings. The summed E-state index contributed by atoms with van der Waals surface area (Å²) in [6, 6.07) is 9.89. The van der Waals surface area contributed by atoms with Crippen molar-refractivity contribution in [2.24, 2.45) is 0 Å². The van der Waals surface area contributed by atoms with Gasteiger partial charge in [-0.15, -0.1) is 0 Å². The molecule has 28 heavy (non-hydrogen) atoms. The SMILES string of the molecule is COc1ccccc1Oc1c(Cl)nc(C)nc1NS(=O)(=O)c1ccc(C)cn1. The van der Waals surface area contributed by atoms with Crippen LogP contribution in [0.2, 0.25) is 5.15 Å². The van der Waals surface area contributed by atoms with Gasteiger partial charge in [0.15, 0.2) is 27.5 Å². The van der Waals surface area contributed by atoms with Crippen LogP contribution in [-0.4, -0.2) is 30.5 Å². The van der Waals surface area contributed by atoms with Crippen LogP contribution in [0.1, 0.15) is 11.4 Å². The molecule has 3 aromatic rings. The molecule has 0 bridgehead atoms. The van der Waals surface area contributed by atoms with Crippen molar-refractivity contribution >= 4 is 27.4 Å². The number of nitrogens with zero attached hydrogens (tertiary/aromatic N) is 3. The zero-order valence-electron chi connectivity index (χ0n) is 15.3. The number of nitrogens with one attached hydrogen (secondary N) is 1. The van der Waals surface area contributed by atoms with Crippen LogP contribution in [0.25, 0.3) is 0 Å². The highest BCUT2D eigenvalue weighted by molar-refractivity contribution is 7.92. The Hall–Kier alpha value is -2.91. The molecule has 8 nitrogen and oxygen atoms in total. The number of aryl methyl sites for hydroxylation is 2. The zero-order valence-corrected chi connectivity index (χ0v) is 16.9. The summed E-state index contributed by atoms with van der Waals surface area (Å²) in [4.78, 5) is 12.1. The van der Waals surface area contributed by atoms with E-state index in [1.807, 2.05) is 6.92 Å². The van der Waals surface area contributed by atoms with Crippen molar-refractivity contribution in [3.05, 3.63) is 59.1 Å². The van der Waals surface area contributed by atoms with Gasteiger partial charge in [0.2, 0.25) is 5.75 Å². The van der Waals surface area contributed by atoms with E-state index < -0.39 is 10.0 Å². The van der Waals surface area contributed by atoms with E-state index in [4.69, 9.17) is 21.1 Å². The van der Waals surface area contributed by atoms with Crippen molar-refractivity contribution in [2.45, 2.75) is 18.9 Å². The van der Waals surface area contributed by atoms with Gasteiger partial charge in [-0.3, -0.25) is 4.72 Å². The van der Waals surface area contributed by atoms with E-state index in [1.165, 1.54) is 19.4 Å². The molecule has 0 aliphatic rings. The second kappa shape index (κ2) is 7.99. The van der Waals surface area contributed by atoms with Crippen molar-refractivity contribution in [3.63, 3.8) is 0 Å². The number of hydrogen-bond donors (Lipinski definition) is 1. The van der Waals surface area contributed by atoms with Gasteiger partial charge in [0.25, 0.3) is 10.0 Å². The first-order valence-electron chi connectivity index (χ1n) is 8.10. The minimum absolute atomic E-state index is 0.0482. The average Bonchev–Trinajstić information content (AvgIpc) is 2.65. The standard InChI is InChI=1S/C18H17ClN4O4S/c1-11-8-9-15(20-10-11)28(24,25)23-18-16(17(19)21-12(2)22-18)27-14-7-5-4-6-13(14)26-3/h4-10H,1-3H3,(H,21,22,23). The molecule has 1 aromatic carbocycles. The maximum atomic E-state index is 12.7. The van der Waals surface area contributed by atoms with Crippen LogP contribution >= 0.6 is 11.6 Å². The number of halogens is 1. The fraction of sp³-hybridized carbons (Fsp3) is 0.167. The predicted molar refractivity (Wildman–Crippen MR) is 105 cm³/mol. The van der Waals surface area contributed by atoms with Gasteiger partial charge in [-0.2, -0.15) is 8.42 Å². The van der Waals surface area contributed by atoms with Crippen molar-refractivity contribution in [2.75, 3.05) is 11.8 Å². The Bertz CT molecular complexity index is 1110. The zero-order chi connectivity index (χ0) is 20.3. The van der Waals surface area contributed by atoms with E-state index >= 15 is 0 Å². The van der Waals surface area contributed by atoms with Crippen molar-refractivity contribution in [1.82, 2.24) is 15.0 Å². The van der Waals surface area contributed by atoms with Gasteiger partial charge in [-0.1, -0.05) is 29.8 Å². The first kappa shape index (κ1) is 19.8. The number of benzene rings is 1. The number of sulfonamides is 1. The topological polar surface area (TPSA) is 103 Å². The monoisotopic (exact) mass is 420 g/mol. The fourth-order valence-corrected chi connectivity index (χ4v) is 3.48. The molecule has 0 atom stereocenters. The molecular formula is C18H17ClN4O4S. The quantitative estimate of drug-likeness (QED) is 0.605. The third-order valence-corrected chi connectivity index (χ3v) is 5.12. The van der Waals surface area contributed by atoms with Gasteiger partial charge in [0.1, 0.15) is 5.82 Å². The summed E-state index contributed by atoms with van der Waals surface area (Å²) in [6.45, 7) is 3.39. The first-order valence-corrected chi connectivity index (χ1v) is 9.97. The molecule has 1 N–H and O–H groups in total. The minimum Gasteiger partial charge on any atom is -0.493 e. The van der Waals surface area contributed by atoms with Crippen LogP contribution in [0.15, 0.2) is 47.6 Å². The summed E-state index contributed by atoms with van der Waals surface area (Å²) in [5.74, 6) is 0.881. The summed E-state index contributed by atoms with van der Waals surface area (Å²) in [5.41, 5.74) is 0.833. The smallest absolute Gasteiger partial charge is 0.280 e. The molecule has 0 radical (unpaired) electrons. The number of aromatic nitrogens is 3. The minimum atomic E-state index is -4.02. The second-order valence-electron chi connectivity index (χ2n) is 5.77. The van der Waals surface area contributed by atoms with Gasteiger partial charge in [-0.25, -0.2) is 15.0 Å². The molecular weight excluding hydrogens is 404 g/mol. The van der Waals surface area contributed by atoms with Gasteiger partial charge < -0.3 is 9.47 Å². The lowest BCUT2D eigenvalue weighted by atomic mass is 10.3. The van der Waals surface area contributed by atoms with Crippen molar-refractivity contribution in [3.8, 4) is 17.2 Å². The highest BCUT2D eigenvalue weighted by Crippen LogP contribution is 2.38. The number of rotatable bonds is 6. The normalized spacial score (nSPS) is 11.1. The predicted octanol–water partition coefficient (Wildman–Crippen LogP) is 3.74. The molecule has 0 amide bonds. The Labute approximate surface area is 167 Å². The summed E-state index contributed by atoms with van der Waals surface area (Å²) in [5, 5.41) is -0.207. The molecule has 0 unspecified atom stereocenters. The number of pyridine rings is 1. The molecule has 0 saturated carbocycles. The van der Waals surface area contributed by atoms with Crippen LogP contribution in [0.3, 0.4) is 0 Å². The number of hydrogen-bond acceptors (Lipinski definition) is 7. The summed E-state index contributed by atoms with van der Waals surface area (Å²) in [6.07, 6.45) is 1.46. The third-order valence-electron chi connectivity index (χ3n) is 3.61. The van der Waals surface area contributed by atoms with Crippen LogP contribution < -0.4 is 14.2 Å². The molecule has 2 heterocycles. The lowest BCUT2D eigenvalue weighted by molar-refractivity contribution is 0.378. The fourth-order valence-electron chi connectivity index (χ4n) is 2.29. The number of ether oxygens (including phenoxy) is 2. The summed E-state index contributed by atoms with van der Waals surface area (Å²) < 4.78 is 38.8. The highest BCUT2D eigenvalue weighted by atomic mass is 35.5. The summed E-state index contributed by atoms with van der Waals surface area (Å²) >= 11 is 6.21. The average molecular weight is 421 g/mol. The lowest BCUT2D eigenvalue weighted by Crippen LogP contribution is -2.16. The third kappa shape index (κ3) is 4.32. The lowest BCUT2D eigenvalue weighted by Gasteiger charge is -2.15. The molecule has 0 aliphatic heterocycles. The largest absolute Gasteiger partial charge is 0.493 e. The van der Waals surface area contributed by atoms with E-state index in [-0.39, 0.29) is 27.6 Å². The van der Waals surface area contributed by atoms with Gasteiger partial charge in [0, 0.05) is 6.20 Å². The Morgan fingerprint density at radius 3 is 2.39 bits per heavy atom. The van der Waals surface area contributed by atoms with Crippen LogP contribution in [0.4, 0.5) is 5.82 Å². The van der Waals surface area contributed by atoms with Crippen molar-refractivity contribution in [1.29, 1.82) is 0 Å². The highest BCUT2D eigenvalue weighted by Gasteiger charge is 2.23. The van der Waals surface area contributed by atoms with E-state index in [0.29, 0.717) is 11.5 Å². The first-order chi connectivity index (χ1) is 13.3.